The van der Waals surface area contributed by atoms with Crippen LogP contribution in [-0.2, 0) is 30.1 Å². The van der Waals surface area contributed by atoms with Crippen molar-refractivity contribution in [3.05, 3.63) is 29.8 Å². The molecule has 42 heavy (non-hydrogen) atoms. The summed E-state index contributed by atoms with van der Waals surface area (Å²) < 4.78 is 18.7. The number of carbonyl (C=O) groups is 3. The third kappa shape index (κ3) is 5.69. The highest BCUT2D eigenvalue weighted by Gasteiger charge is 2.68. The van der Waals surface area contributed by atoms with Gasteiger partial charge in [0.2, 0.25) is 17.7 Å². The third-order valence-corrected chi connectivity index (χ3v) is 10.7. The second-order valence-electron chi connectivity index (χ2n) is 14.0. The molecular formula is C32H48BN3O6. The Morgan fingerprint density at radius 2 is 1.83 bits per heavy atom. The van der Waals surface area contributed by atoms with Crippen molar-refractivity contribution in [2.45, 2.75) is 110 Å². The van der Waals surface area contributed by atoms with Gasteiger partial charge in [-0.15, -0.1) is 0 Å². The normalized spacial score (nSPS) is 30.8. The molecule has 3 amide bonds. The fraction of sp³-hybridized carbons (Fsp3) is 0.719. The number of hydrogen-bond acceptors (Lipinski definition) is 6. The molecule has 2 aliphatic heterocycles. The molecule has 10 heteroatoms. The zero-order valence-corrected chi connectivity index (χ0v) is 26.3. The molecule has 0 radical (unpaired) electrons. The Morgan fingerprint density at radius 3 is 2.45 bits per heavy atom. The van der Waals surface area contributed by atoms with E-state index in [-0.39, 0.29) is 46.7 Å². The average molecular weight is 582 g/mol. The van der Waals surface area contributed by atoms with E-state index in [1.54, 1.807) is 12.0 Å². The molecule has 1 aromatic carbocycles. The maximum absolute atomic E-state index is 13.9. The van der Waals surface area contributed by atoms with Crippen LogP contribution in [0.3, 0.4) is 0 Å². The molecule has 1 aromatic rings. The quantitative estimate of drug-likeness (QED) is 0.410. The summed E-state index contributed by atoms with van der Waals surface area (Å²) in [4.78, 5) is 40.9. The summed E-state index contributed by atoms with van der Waals surface area (Å²) >= 11 is 0. The topological polar surface area (TPSA) is 106 Å². The van der Waals surface area contributed by atoms with Crippen LogP contribution in [-0.4, -0.2) is 73.1 Å². The first-order valence-electron chi connectivity index (χ1n) is 15.7. The largest absolute Gasteiger partial charge is 0.497 e. The van der Waals surface area contributed by atoms with Crippen LogP contribution in [0.5, 0.6) is 5.75 Å². The van der Waals surface area contributed by atoms with E-state index in [0.717, 1.165) is 37.0 Å². The highest BCUT2D eigenvalue weighted by molar-refractivity contribution is 6.48. The highest BCUT2D eigenvalue weighted by atomic mass is 16.7. The van der Waals surface area contributed by atoms with Crippen LogP contribution in [0.25, 0.3) is 0 Å². The summed E-state index contributed by atoms with van der Waals surface area (Å²) in [6, 6.07) is 6.70. The number of aryl methyl sites for hydroxylation is 1. The lowest BCUT2D eigenvalue weighted by Crippen LogP contribution is -2.65. The Labute approximate surface area is 250 Å². The maximum atomic E-state index is 13.9. The maximum Gasteiger partial charge on any atom is 0.481 e. The molecule has 6 rings (SSSR count). The Kier molecular flexibility index (Phi) is 8.69. The van der Waals surface area contributed by atoms with E-state index in [1.807, 2.05) is 38.1 Å². The smallest absolute Gasteiger partial charge is 0.481 e. The number of ether oxygens (including phenoxy) is 1. The van der Waals surface area contributed by atoms with Gasteiger partial charge in [-0.05, 0) is 86.3 Å². The van der Waals surface area contributed by atoms with E-state index in [9.17, 15) is 14.4 Å². The SMILES string of the molecule is COc1ccc(CC[C@H](NC(=O)[C@@H]2CCCN2C(=O)[C@@H](NC(C)=O)C(C)C)B2O[C@H]3C[C@@H]4C[C@@H](C4(C)C)[C@@]3(C)O2)cc1. The van der Waals surface area contributed by atoms with Crippen molar-refractivity contribution in [2.24, 2.45) is 23.2 Å². The molecule has 2 saturated heterocycles. The monoisotopic (exact) mass is 581 g/mol. The number of carbonyl (C=O) groups excluding carboxylic acids is 3. The average Bonchev–Trinajstić information content (AvgIpc) is 3.58. The van der Waals surface area contributed by atoms with Gasteiger partial charge in [-0.3, -0.25) is 14.4 Å². The number of rotatable bonds is 10. The molecule has 3 saturated carbocycles. The predicted molar refractivity (Wildman–Crippen MR) is 161 cm³/mol. The van der Waals surface area contributed by atoms with Gasteiger partial charge in [0.25, 0.3) is 0 Å². The van der Waals surface area contributed by atoms with Crippen LogP contribution >= 0.6 is 0 Å². The van der Waals surface area contributed by atoms with Gasteiger partial charge in [0.05, 0.1) is 24.8 Å². The number of nitrogens with zero attached hydrogens (tertiary/aromatic N) is 1. The molecule has 5 aliphatic rings. The minimum Gasteiger partial charge on any atom is -0.497 e. The van der Waals surface area contributed by atoms with Crippen LogP contribution < -0.4 is 15.4 Å². The Hall–Kier alpha value is -2.59. The molecule has 3 aliphatic carbocycles. The molecule has 2 N–H and O–H groups in total. The molecule has 2 bridgehead atoms. The Morgan fingerprint density at radius 1 is 1.12 bits per heavy atom. The first-order valence-corrected chi connectivity index (χ1v) is 15.7. The lowest BCUT2D eigenvalue weighted by Gasteiger charge is -2.64. The summed E-state index contributed by atoms with van der Waals surface area (Å²) in [5.41, 5.74) is 0.967. The fourth-order valence-electron chi connectivity index (χ4n) is 7.95. The van der Waals surface area contributed by atoms with Gasteiger partial charge in [0.1, 0.15) is 17.8 Å². The van der Waals surface area contributed by atoms with Crippen LogP contribution in [0.4, 0.5) is 0 Å². The van der Waals surface area contributed by atoms with Gasteiger partial charge in [-0.1, -0.05) is 39.8 Å². The first-order chi connectivity index (χ1) is 19.8. The van der Waals surface area contributed by atoms with Crippen LogP contribution in [0, 0.1) is 23.2 Å². The van der Waals surface area contributed by atoms with Crippen molar-refractivity contribution in [1.82, 2.24) is 15.5 Å². The molecule has 0 spiro atoms. The number of likely N-dealkylation sites (tertiary alicyclic amines) is 1. The molecule has 230 valence electrons. The summed E-state index contributed by atoms with van der Waals surface area (Å²) in [7, 11) is 1.09. The van der Waals surface area contributed by atoms with Crippen molar-refractivity contribution < 1.29 is 28.4 Å². The summed E-state index contributed by atoms with van der Waals surface area (Å²) in [5.74, 6) is 0.720. The Balaban J connectivity index is 1.33. The zero-order valence-electron chi connectivity index (χ0n) is 26.3. The van der Waals surface area contributed by atoms with Crippen molar-refractivity contribution in [3.8, 4) is 5.75 Å². The second-order valence-corrected chi connectivity index (χ2v) is 14.0. The van der Waals surface area contributed by atoms with Crippen molar-refractivity contribution in [3.63, 3.8) is 0 Å². The summed E-state index contributed by atoms with van der Waals surface area (Å²) in [5, 5.41) is 6.05. The van der Waals surface area contributed by atoms with Gasteiger partial charge < -0.3 is 29.6 Å². The molecule has 5 fully saturated rings. The van der Waals surface area contributed by atoms with E-state index >= 15 is 0 Å². The van der Waals surface area contributed by atoms with Gasteiger partial charge in [-0.25, -0.2) is 0 Å². The van der Waals surface area contributed by atoms with Gasteiger partial charge >= 0.3 is 7.12 Å². The standard InChI is InChI=1S/C32H48BN3O6/c1-19(2)28(34-20(3)37)30(39)36-16-8-9-24(36)29(38)35-27(15-12-21-10-13-23(40-7)14-11-21)33-41-26-18-22-17-25(31(22,4)5)32(26,6)42-33/h10-11,13-14,19,22,24-28H,8-9,12,15-18H2,1-7H3,(H,34,37)(H,35,38)/t22-,24-,25-,26-,27-,28-,32+/m0/s1. The predicted octanol–water partition coefficient (Wildman–Crippen LogP) is 3.53. The lowest BCUT2D eigenvalue weighted by atomic mass is 9.43. The van der Waals surface area contributed by atoms with E-state index < -0.39 is 19.2 Å². The molecule has 7 atom stereocenters. The zero-order chi connectivity index (χ0) is 30.4. The molecule has 0 aromatic heterocycles. The number of methoxy groups -OCH3 is 1. The van der Waals surface area contributed by atoms with Crippen molar-refractivity contribution in [2.75, 3.05) is 13.7 Å². The lowest BCUT2D eigenvalue weighted by molar-refractivity contribution is -0.199. The minimum atomic E-state index is -0.666. The van der Waals surface area contributed by atoms with Crippen LogP contribution in [0.1, 0.15) is 79.2 Å². The van der Waals surface area contributed by atoms with Gasteiger partial charge in [0.15, 0.2) is 0 Å². The highest BCUT2D eigenvalue weighted by Crippen LogP contribution is 2.65. The minimum absolute atomic E-state index is 0.00803. The number of nitrogens with one attached hydrogen (secondary N) is 2. The summed E-state index contributed by atoms with van der Waals surface area (Å²) in [6.07, 6.45) is 4.81. The molecule has 9 nitrogen and oxygen atoms in total. The number of amides is 3. The van der Waals surface area contributed by atoms with Crippen molar-refractivity contribution >= 4 is 24.8 Å². The van der Waals surface area contributed by atoms with Crippen molar-refractivity contribution in [1.29, 1.82) is 0 Å². The molecule has 2 heterocycles. The Bertz CT molecular complexity index is 1180. The van der Waals surface area contributed by atoms with Crippen LogP contribution in [0.2, 0.25) is 0 Å². The number of benzene rings is 1. The van der Waals surface area contributed by atoms with E-state index in [2.05, 4.69) is 31.4 Å². The van der Waals surface area contributed by atoms with Crippen LogP contribution in [0.15, 0.2) is 24.3 Å². The van der Waals surface area contributed by atoms with E-state index in [1.165, 1.54) is 6.92 Å². The molecule has 0 unspecified atom stereocenters. The first kappa shape index (κ1) is 30.9. The second kappa shape index (κ2) is 11.8. The molecular weight excluding hydrogens is 533 g/mol. The van der Waals surface area contributed by atoms with E-state index in [0.29, 0.717) is 31.2 Å². The van der Waals surface area contributed by atoms with Gasteiger partial charge in [0, 0.05) is 13.5 Å². The fourth-order valence-corrected chi connectivity index (χ4v) is 7.95. The summed E-state index contributed by atoms with van der Waals surface area (Å²) in [6.45, 7) is 12.6. The number of hydrogen-bond donors (Lipinski definition) is 2. The van der Waals surface area contributed by atoms with E-state index in [4.69, 9.17) is 14.0 Å². The third-order valence-electron chi connectivity index (χ3n) is 10.7. The van der Waals surface area contributed by atoms with Gasteiger partial charge in [-0.2, -0.15) is 0 Å².